The number of benzene rings is 2. The van der Waals surface area contributed by atoms with Crippen LogP contribution in [0.5, 0.6) is 17.2 Å². The summed E-state index contributed by atoms with van der Waals surface area (Å²) in [5.74, 6) is -1.50. The van der Waals surface area contributed by atoms with E-state index in [2.05, 4.69) is 9.69 Å². The normalized spacial score (nSPS) is 11.9. The van der Waals surface area contributed by atoms with Gasteiger partial charge in [-0.3, -0.25) is 19.3 Å². The van der Waals surface area contributed by atoms with Crippen LogP contribution in [0.1, 0.15) is 52.5 Å². The predicted octanol–water partition coefficient (Wildman–Crippen LogP) is 2.85. The third kappa shape index (κ3) is 5.92. The molecule has 2 aromatic carbocycles. The first kappa shape index (κ1) is 27.3. The maximum Gasteiger partial charge on any atom is 0.273 e. The van der Waals surface area contributed by atoms with Crippen molar-refractivity contribution in [2.75, 3.05) is 24.9 Å². The third-order valence-corrected chi connectivity index (χ3v) is 6.06. The highest BCUT2D eigenvalue weighted by molar-refractivity contribution is 7.09. The fraction of sp³-hybridized carbons (Fsp3) is 0.280. The van der Waals surface area contributed by atoms with E-state index in [0.717, 1.165) is 0 Å². The van der Waals surface area contributed by atoms with Crippen molar-refractivity contribution >= 4 is 40.6 Å². The molecule has 6 N–H and O–H groups in total. The van der Waals surface area contributed by atoms with Crippen LogP contribution in [-0.2, 0) is 4.79 Å². The highest BCUT2D eigenvalue weighted by atomic mass is 32.1. The lowest BCUT2D eigenvalue weighted by Crippen LogP contribution is -2.49. The number of aromatic nitrogens is 1. The third-order valence-electron chi connectivity index (χ3n) is 5.21. The lowest BCUT2D eigenvalue weighted by molar-refractivity contribution is -0.123. The molecule has 3 amide bonds. The van der Waals surface area contributed by atoms with Gasteiger partial charge in [-0.05, 0) is 62.1 Å². The Kier molecular flexibility index (Phi) is 7.92. The average molecular weight is 528 g/mol. The maximum absolute atomic E-state index is 14.0. The summed E-state index contributed by atoms with van der Waals surface area (Å²) in [6, 6.07) is 9.42. The number of phenols is 1. The molecule has 12 heteroatoms. The predicted molar refractivity (Wildman–Crippen MR) is 140 cm³/mol. The van der Waals surface area contributed by atoms with Gasteiger partial charge >= 0.3 is 0 Å². The molecule has 1 heterocycles. The second-order valence-electron chi connectivity index (χ2n) is 9.09. The van der Waals surface area contributed by atoms with Crippen molar-refractivity contribution in [2.45, 2.75) is 32.4 Å². The van der Waals surface area contributed by atoms with Crippen molar-refractivity contribution in [2.24, 2.45) is 5.73 Å². The number of ether oxygens (including phenoxy) is 2. The molecule has 37 heavy (non-hydrogen) atoms. The highest BCUT2D eigenvalue weighted by Crippen LogP contribution is 2.37. The minimum absolute atomic E-state index is 0.0915. The minimum Gasteiger partial charge on any atom is -0.508 e. The first-order valence-corrected chi connectivity index (χ1v) is 11.9. The summed E-state index contributed by atoms with van der Waals surface area (Å²) in [4.78, 5) is 40.6. The molecule has 1 atom stereocenters. The van der Waals surface area contributed by atoms with E-state index >= 15 is 0 Å². The average Bonchev–Trinajstić information content (AvgIpc) is 3.22. The fourth-order valence-electron chi connectivity index (χ4n) is 3.64. The number of hydrogen-bond donors (Lipinski definition) is 4. The van der Waals surface area contributed by atoms with Gasteiger partial charge in [0.1, 0.15) is 16.7 Å². The van der Waals surface area contributed by atoms with Gasteiger partial charge < -0.3 is 31.4 Å². The van der Waals surface area contributed by atoms with Crippen LogP contribution in [0.2, 0.25) is 0 Å². The zero-order chi connectivity index (χ0) is 27.5. The summed E-state index contributed by atoms with van der Waals surface area (Å²) < 4.78 is 14.7. The second-order valence-corrected chi connectivity index (χ2v) is 9.86. The molecule has 0 spiro atoms. The molecule has 0 bridgehead atoms. The van der Waals surface area contributed by atoms with Crippen molar-refractivity contribution in [3.8, 4) is 17.2 Å². The second kappa shape index (κ2) is 10.7. The lowest BCUT2D eigenvalue weighted by atomic mass is 9.99. The minimum atomic E-state index is -1.26. The van der Waals surface area contributed by atoms with Gasteiger partial charge in [0.25, 0.3) is 11.8 Å². The molecule has 1 aromatic heterocycles. The Hall–Kier alpha value is -4.32. The lowest BCUT2D eigenvalue weighted by Gasteiger charge is -2.34. The van der Waals surface area contributed by atoms with Crippen molar-refractivity contribution in [3.05, 3.63) is 58.6 Å². The molecular formula is C25H29N5O6S. The zero-order valence-corrected chi connectivity index (χ0v) is 21.9. The van der Waals surface area contributed by atoms with Gasteiger partial charge in [-0.25, -0.2) is 0 Å². The van der Waals surface area contributed by atoms with E-state index in [4.69, 9.17) is 20.9 Å². The van der Waals surface area contributed by atoms with Gasteiger partial charge in [0.15, 0.2) is 17.2 Å². The Morgan fingerprint density at radius 3 is 2.30 bits per heavy atom. The monoisotopic (exact) mass is 527 g/mol. The fourth-order valence-corrected chi connectivity index (χ4v) is 4.39. The molecule has 0 saturated carbocycles. The number of rotatable bonds is 8. The maximum atomic E-state index is 14.0. The van der Waals surface area contributed by atoms with Gasteiger partial charge in [0.2, 0.25) is 5.91 Å². The first-order chi connectivity index (χ1) is 17.4. The molecule has 3 aromatic rings. The van der Waals surface area contributed by atoms with E-state index in [1.165, 1.54) is 37.3 Å². The quantitative estimate of drug-likeness (QED) is 0.346. The van der Waals surface area contributed by atoms with E-state index in [9.17, 15) is 19.5 Å². The standard InChI is InChI=1S/C25H29N5O6S/c1-25(2,3)28-23(33)20(13-9-10-16(35-4)17(11-13)36-5)30(14-7-6-8-15(31)12-14)24(34)21-18(26)19(22(27)32)29-37-21/h6-12,20,31H,26H2,1-5H3,(H2,27,32)(H,28,33). The summed E-state index contributed by atoms with van der Waals surface area (Å²) in [5.41, 5.74) is 10.9. The van der Waals surface area contributed by atoms with Gasteiger partial charge in [0.05, 0.1) is 19.9 Å². The molecule has 0 aliphatic rings. The zero-order valence-electron chi connectivity index (χ0n) is 21.1. The van der Waals surface area contributed by atoms with E-state index in [0.29, 0.717) is 28.6 Å². The molecule has 0 saturated heterocycles. The van der Waals surface area contributed by atoms with Crippen molar-refractivity contribution in [1.29, 1.82) is 0 Å². The number of nitrogen functional groups attached to an aromatic ring is 1. The molecule has 1 unspecified atom stereocenters. The van der Waals surface area contributed by atoms with E-state index in [1.807, 2.05) is 0 Å². The molecule has 196 valence electrons. The van der Waals surface area contributed by atoms with Crippen molar-refractivity contribution in [1.82, 2.24) is 9.69 Å². The largest absolute Gasteiger partial charge is 0.508 e. The number of carbonyl (C=O) groups excluding carboxylic acids is 3. The van der Waals surface area contributed by atoms with Gasteiger partial charge in [-0.1, -0.05) is 12.1 Å². The smallest absolute Gasteiger partial charge is 0.273 e. The number of methoxy groups -OCH3 is 2. The molecule has 0 radical (unpaired) electrons. The summed E-state index contributed by atoms with van der Waals surface area (Å²) in [6.45, 7) is 5.41. The number of aromatic hydroxyl groups is 1. The van der Waals surface area contributed by atoms with Crippen LogP contribution < -0.4 is 31.2 Å². The number of primary amides is 1. The van der Waals surface area contributed by atoms with Gasteiger partial charge in [-0.15, -0.1) is 0 Å². The molecule has 0 aliphatic heterocycles. The van der Waals surface area contributed by atoms with Crippen LogP contribution in [0.4, 0.5) is 11.4 Å². The summed E-state index contributed by atoms with van der Waals surface area (Å²) in [5, 5.41) is 13.1. The van der Waals surface area contributed by atoms with Crippen molar-refractivity contribution < 1.29 is 29.0 Å². The van der Waals surface area contributed by atoms with Crippen LogP contribution in [-0.4, -0.2) is 47.0 Å². The van der Waals surface area contributed by atoms with Crippen LogP contribution >= 0.6 is 11.5 Å². The number of hydrogen-bond acceptors (Lipinski definition) is 9. The molecule has 0 aliphatic carbocycles. The number of anilines is 2. The highest BCUT2D eigenvalue weighted by Gasteiger charge is 2.37. The molecule has 3 rings (SSSR count). The van der Waals surface area contributed by atoms with E-state index in [-0.39, 0.29) is 27.7 Å². The summed E-state index contributed by atoms with van der Waals surface area (Å²) in [6.07, 6.45) is 0. The van der Waals surface area contributed by atoms with Crippen LogP contribution in [0, 0.1) is 0 Å². The Morgan fingerprint density at radius 1 is 1.08 bits per heavy atom. The summed E-state index contributed by atoms with van der Waals surface area (Å²) >= 11 is 0.685. The SMILES string of the molecule is COc1ccc(C(C(=O)NC(C)(C)C)N(C(=O)c2snc(C(N)=O)c2N)c2cccc(O)c2)cc1OC. The Morgan fingerprint density at radius 2 is 1.76 bits per heavy atom. The molecule has 0 fully saturated rings. The van der Waals surface area contributed by atoms with Gasteiger partial charge in [-0.2, -0.15) is 4.37 Å². The van der Waals surface area contributed by atoms with Crippen LogP contribution in [0.3, 0.4) is 0 Å². The van der Waals surface area contributed by atoms with E-state index in [1.54, 1.807) is 45.0 Å². The molecule has 11 nitrogen and oxygen atoms in total. The van der Waals surface area contributed by atoms with Crippen LogP contribution in [0.25, 0.3) is 0 Å². The number of nitrogens with one attached hydrogen (secondary N) is 1. The summed E-state index contributed by atoms with van der Waals surface area (Å²) in [7, 11) is 2.93. The number of phenolic OH excluding ortho intramolecular Hbond substituents is 1. The Balaban J connectivity index is 2.29. The first-order valence-electron chi connectivity index (χ1n) is 11.1. The topological polar surface area (TPSA) is 170 Å². The molecular weight excluding hydrogens is 498 g/mol. The van der Waals surface area contributed by atoms with Crippen molar-refractivity contribution in [3.63, 3.8) is 0 Å². The number of nitrogens with two attached hydrogens (primary N) is 2. The number of carbonyl (C=O) groups is 3. The van der Waals surface area contributed by atoms with Gasteiger partial charge in [0, 0.05) is 17.3 Å². The number of nitrogens with zero attached hydrogens (tertiary/aromatic N) is 2. The van der Waals surface area contributed by atoms with Crippen LogP contribution in [0.15, 0.2) is 42.5 Å². The Labute approximate surface area is 218 Å². The Bertz CT molecular complexity index is 1330. The van der Waals surface area contributed by atoms with E-state index < -0.39 is 29.3 Å². The number of amides is 3.